The number of nitrogens with two attached hydrogens (primary N) is 1. The van der Waals surface area contributed by atoms with Crippen LogP contribution in [0.1, 0.15) is 32.0 Å². The molecule has 6 heteroatoms. The van der Waals surface area contributed by atoms with Crippen LogP contribution in [0.2, 0.25) is 0 Å². The Morgan fingerprint density at radius 1 is 1.69 bits per heavy atom. The average Bonchev–Trinajstić information content (AvgIpc) is 2.76. The maximum atomic E-state index is 12.2. The number of rotatable bonds is 3. The molecule has 0 saturated heterocycles. The maximum Gasteiger partial charge on any atom is 0.182 e. The normalized spacial score (nSPS) is 29.6. The molecular formula is C10H17N5O. The first kappa shape index (κ1) is 11.2. The standard InChI is InChI=1S/C10H17N5O/c1-10(5-3-4-7(10)11)8(16)6-9-12-14-15(2)13-9/h7H,3-6,11H2,1-2H3. The van der Waals surface area contributed by atoms with Crippen LogP contribution in [0, 0.1) is 5.41 Å². The number of Topliss-reactive ketones (excluding diaryl/α,β-unsaturated/α-hetero) is 1. The summed E-state index contributed by atoms with van der Waals surface area (Å²) in [5.41, 5.74) is 5.59. The van der Waals surface area contributed by atoms with Crippen molar-refractivity contribution in [2.24, 2.45) is 18.2 Å². The highest BCUT2D eigenvalue weighted by Gasteiger charge is 2.42. The molecule has 0 amide bonds. The molecule has 2 N–H and O–H groups in total. The van der Waals surface area contributed by atoms with Gasteiger partial charge in [0.2, 0.25) is 0 Å². The Hall–Kier alpha value is -1.30. The molecule has 0 radical (unpaired) electrons. The molecule has 1 aliphatic rings. The number of hydrogen-bond donors (Lipinski definition) is 1. The molecule has 0 spiro atoms. The third-order valence-corrected chi connectivity index (χ3v) is 3.54. The minimum atomic E-state index is -0.404. The molecule has 1 fully saturated rings. The zero-order chi connectivity index (χ0) is 11.8. The minimum absolute atomic E-state index is 0.0309. The van der Waals surface area contributed by atoms with Gasteiger partial charge in [-0.1, -0.05) is 13.3 Å². The predicted molar refractivity (Wildman–Crippen MR) is 57.4 cm³/mol. The molecular weight excluding hydrogens is 206 g/mol. The van der Waals surface area contributed by atoms with E-state index in [0.29, 0.717) is 5.82 Å². The lowest BCUT2D eigenvalue weighted by molar-refractivity contribution is -0.127. The fourth-order valence-corrected chi connectivity index (χ4v) is 2.28. The maximum absolute atomic E-state index is 12.2. The van der Waals surface area contributed by atoms with Crippen molar-refractivity contribution in [1.29, 1.82) is 0 Å². The smallest absolute Gasteiger partial charge is 0.182 e. The molecule has 6 nitrogen and oxygen atoms in total. The minimum Gasteiger partial charge on any atom is -0.327 e. The number of hydrogen-bond acceptors (Lipinski definition) is 5. The lowest BCUT2D eigenvalue weighted by Gasteiger charge is -2.26. The molecule has 2 atom stereocenters. The van der Waals surface area contributed by atoms with Crippen LogP contribution in [0.4, 0.5) is 0 Å². The number of carbonyl (C=O) groups is 1. The van der Waals surface area contributed by atoms with E-state index in [1.54, 1.807) is 7.05 Å². The zero-order valence-corrected chi connectivity index (χ0v) is 9.68. The Labute approximate surface area is 94.2 Å². The van der Waals surface area contributed by atoms with E-state index in [9.17, 15) is 4.79 Å². The van der Waals surface area contributed by atoms with E-state index in [1.807, 2.05) is 6.92 Å². The molecule has 88 valence electrons. The van der Waals surface area contributed by atoms with Gasteiger partial charge in [0.05, 0.1) is 13.5 Å². The summed E-state index contributed by atoms with van der Waals surface area (Å²) in [6, 6.07) is -0.0309. The van der Waals surface area contributed by atoms with Crippen molar-refractivity contribution in [3.05, 3.63) is 5.82 Å². The first-order valence-corrected chi connectivity index (χ1v) is 5.54. The molecule has 0 bridgehead atoms. The van der Waals surface area contributed by atoms with E-state index >= 15 is 0 Å². The van der Waals surface area contributed by atoms with Gasteiger partial charge in [-0.25, -0.2) is 0 Å². The molecule has 1 aromatic rings. The van der Waals surface area contributed by atoms with Crippen molar-refractivity contribution in [2.45, 2.75) is 38.6 Å². The number of nitrogens with zero attached hydrogens (tertiary/aromatic N) is 4. The Bertz CT molecular complexity index is 402. The van der Waals surface area contributed by atoms with Crippen LogP contribution >= 0.6 is 0 Å². The predicted octanol–water partition coefficient (Wildman–Crippen LogP) is -0.161. The van der Waals surface area contributed by atoms with Crippen molar-refractivity contribution >= 4 is 5.78 Å². The molecule has 2 unspecified atom stereocenters. The number of ketones is 1. The van der Waals surface area contributed by atoms with E-state index in [4.69, 9.17) is 5.73 Å². The van der Waals surface area contributed by atoms with Gasteiger partial charge < -0.3 is 5.73 Å². The molecule has 16 heavy (non-hydrogen) atoms. The van der Waals surface area contributed by atoms with Crippen LogP contribution in [0.3, 0.4) is 0 Å². The van der Waals surface area contributed by atoms with Crippen LogP contribution < -0.4 is 5.73 Å². The van der Waals surface area contributed by atoms with Gasteiger partial charge in [-0.15, -0.1) is 10.2 Å². The van der Waals surface area contributed by atoms with Crippen LogP contribution in [-0.4, -0.2) is 32.0 Å². The monoisotopic (exact) mass is 223 g/mol. The fourth-order valence-electron chi connectivity index (χ4n) is 2.28. The van der Waals surface area contributed by atoms with Crippen LogP contribution in [0.25, 0.3) is 0 Å². The van der Waals surface area contributed by atoms with Gasteiger partial charge in [-0.05, 0) is 18.1 Å². The summed E-state index contributed by atoms with van der Waals surface area (Å²) in [4.78, 5) is 13.5. The SMILES string of the molecule is Cn1nnc(CC(=O)C2(C)CCCC2N)n1. The summed E-state index contributed by atoms with van der Waals surface area (Å²) >= 11 is 0. The number of carbonyl (C=O) groups excluding carboxylic acids is 1. The highest BCUT2D eigenvalue weighted by Crippen LogP contribution is 2.38. The fraction of sp³-hybridized carbons (Fsp3) is 0.800. The van der Waals surface area contributed by atoms with Gasteiger partial charge in [0.1, 0.15) is 5.78 Å². The van der Waals surface area contributed by atoms with Crippen molar-refractivity contribution in [2.75, 3.05) is 0 Å². The first-order valence-electron chi connectivity index (χ1n) is 5.54. The third-order valence-electron chi connectivity index (χ3n) is 3.54. The molecule has 1 aliphatic carbocycles. The summed E-state index contributed by atoms with van der Waals surface area (Å²) in [7, 11) is 1.68. The van der Waals surface area contributed by atoms with Gasteiger partial charge in [0, 0.05) is 11.5 Å². The van der Waals surface area contributed by atoms with E-state index in [2.05, 4.69) is 15.4 Å². The van der Waals surface area contributed by atoms with Crippen molar-refractivity contribution < 1.29 is 4.79 Å². The molecule has 1 aromatic heterocycles. The number of tetrazole rings is 1. The first-order chi connectivity index (χ1) is 7.52. The van der Waals surface area contributed by atoms with E-state index in [0.717, 1.165) is 19.3 Å². The largest absolute Gasteiger partial charge is 0.327 e. The van der Waals surface area contributed by atoms with Gasteiger partial charge in [0.25, 0.3) is 0 Å². The Morgan fingerprint density at radius 3 is 2.94 bits per heavy atom. The van der Waals surface area contributed by atoms with Crippen LogP contribution in [-0.2, 0) is 18.3 Å². The van der Waals surface area contributed by atoms with E-state index in [1.165, 1.54) is 4.80 Å². The summed E-state index contributed by atoms with van der Waals surface area (Å²) < 4.78 is 0. The lowest BCUT2D eigenvalue weighted by Crippen LogP contribution is -2.42. The third kappa shape index (κ3) is 1.84. The summed E-state index contributed by atoms with van der Waals surface area (Å²) in [6.45, 7) is 1.95. The second kappa shape index (κ2) is 3.93. The highest BCUT2D eigenvalue weighted by molar-refractivity contribution is 5.86. The average molecular weight is 223 g/mol. The zero-order valence-electron chi connectivity index (χ0n) is 9.68. The van der Waals surface area contributed by atoms with E-state index < -0.39 is 5.41 Å². The summed E-state index contributed by atoms with van der Waals surface area (Å²) in [5, 5.41) is 11.5. The van der Waals surface area contributed by atoms with Gasteiger partial charge in [0.15, 0.2) is 5.82 Å². The molecule has 0 aromatic carbocycles. The van der Waals surface area contributed by atoms with Crippen molar-refractivity contribution in [3.8, 4) is 0 Å². The quantitative estimate of drug-likeness (QED) is 0.769. The second-order valence-corrected chi connectivity index (χ2v) is 4.71. The topological polar surface area (TPSA) is 86.7 Å². The van der Waals surface area contributed by atoms with Gasteiger partial charge in [-0.2, -0.15) is 4.80 Å². The molecule has 1 saturated carbocycles. The Kier molecular flexibility index (Phi) is 2.75. The second-order valence-electron chi connectivity index (χ2n) is 4.71. The van der Waals surface area contributed by atoms with Crippen molar-refractivity contribution in [1.82, 2.24) is 20.2 Å². The Balaban J connectivity index is 2.08. The molecule has 2 rings (SSSR count). The molecule has 0 aliphatic heterocycles. The molecule has 1 heterocycles. The number of aromatic nitrogens is 4. The van der Waals surface area contributed by atoms with Crippen LogP contribution in [0.5, 0.6) is 0 Å². The Morgan fingerprint density at radius 2 is 2.44 bits per heavy atom. The highest BCUT2D eigenvalue weighted by atomic mass is 16.1. The van der Waals surface area contributed by atoms with Gasteiger partial charge in [-0.3, -0.25) is 4.79 Å². The van der Waals surface area contributed by atoms with Crippen molar-refractivity contribution in [3.63, 3.8) is 0 Å². The summed E-state index contributed by atoms with van der Waals surface area (Å²) in [5.74, 6) is 0.610. The van der Waals surface area contributed by atoms with E-state index in [-0.39, 0.29) is 18.2 Å². The number of aryl methyl sites for hydroxylation is 1. The lowest BCUT2D eigenvalue weighted by atomic mass is 9.79. The van der Waals surface area contributed by atoms with Crippen LogP contribution in [0.15, 0.2) is 0 Å². The van der Waals surface area contributed by atoms with Gasteiger partial charge >= 0.3 is 0 Å². The summed E-state index contributed by atoms with van der Waals surface area (Å²) in [6.07, 6.45) is 3.05.